The van der Waals surface area contributed by atoms with Crippen LogP contribution >= 0.6 is 23.8 Å². The standard InChI is InChI=1S/C17H18ClFN2OS/c1-12-3-6-14(11-16(12)18)20-17(23)21(2)9-10-22-15-7-4-13(19)5-8-15/h3-8,11H,9-10H2,1-2H3,(H,20,23). The minimum absolute atomic E-state index is 0.281. The number of aryl methyl sites for hydroxylation is 1. The zero-order chi connectivity index (χ0) is 16.8. The van der Waals surface area contributed by atoms with Crippen LogP contribution < -0.4 is 10.1 Å². The van der Waals surface area contributed by atoms with Crippen molar-refractivity contribution in [3.63, 3.8) is 0 Å². The van der Waals surface area contributed by atoms with Crippen LogP contribution in [0.5, 0.6) is 5.75 Å². The van der Waals surface area contributed by atoms with Gasteiger partial charge in [-0.05, 0) is 61.1 Å². The second-order valence-corrected chi connectivity index (χ2v) is 5.91. The summed E-state index contributed by atoms with van der Waals surface area (Å²) in [6.07, 6.45) is 0. The SMILES string of the molecule is Cc1ccc(NC(=S)N(C)CCOc2ccc(F)cc2)cc1Cl. The van der Waals surface area contributed by atoms with E-state index in [0.29, 0.717) is 29.0 Å². The molecule has 0 spiro atoms. The Balaban J connectivity index is 1.80. The summed E-state index contributed by atoms with van der Waals surface area (Å²) in [6.45, 7) is 2.99. The monoisotopic (exact) mass is 352 g/mol. The third-order valence-electron chi connectivity index (χ3n) is 3.28. The third kappa shape index (κ3) is 5.37. The summed E-state index contributed by atoms with van der Waals surface area (Å²) in [5.74, 6) is 0.348. The van der Waals surface area contributed by atoms with Crippen molar-refractivity contribution in [2.24, 2.45) is 0 Å². The minimum Gasteiger partial charge on any atom is -0.492 e. The van der Waals surface area contributed by atoms with Crippen LogP contribution in [0.3, 0.4) is 0 Å². The molecule has 0 bridgehead atoms. The lowest BCUT2D eigenvalue weighted by Crippen LogP contribution is -2.34. The molecule has 0 saturated heterocycles. The van der Waals surface area contributed by atoms with Crippen molar-refractivity contribution in [1.82, 2.24) is 4.90 Å². The van der Waals surface area contributed by atoms with E-state index in [2.05, 4.69) is 5.32 Å². The quantitative estimate of drug-likeness (QED) is 0.801. The first-order valence-corrected chi connectivity index (χ1v) is 7.91. The molecule has 6 heteroatoms. The van der Waals surface area contributed by atoms with Crippen LogP contribution in [-0.4, -0.2) is 30.2 Å². The van der Waals surface area contributed by atoms with E-state index in [1.807, 2.05) is 37.1 Å². The van der Waals surface area contributed by atoms with E-state index < -0.39 is 0 Å². The van der Waals surface area contributed by atoms with E-state index in [4.69, 9.17) is 28.6 Å². The van der Waals surface area contributed by atoms with Crippen molar-refractivity contribution < 1.29 is 9.13 Å². The van der Waals surface area contributed by atoms with E-state index in [9.17, 15) is 4.39 Å². The minimum atomic E-state index is -0.281. The Morgan fingerprint density at radius 3 is 2.61 bits per heavy atom. The van der Waals surface area contributed by atoms with Crippen LogP contribution in [0.1, 0.15) is 5.56 Å². The Bertz CT molecular complexity index is 679. The molecule has 1 N–H and O–H groups in total. The Morgan fingerprint density at radius 1 is 1.26 bits per heavy atom. The number of hydrogen-bond donors (Lipinski definition) is 1. The summed E-state index contributed by atoms with van der Waals surface area (Å²) in [5, 5.41) is 4.40. The van der Waals surface area contributed by atoms with Gasteiger partial charge in [-0.15, -0.1) is 0 Å². The summed E-state index contributed by atoms with van der Waals surface area (Å²) in [7, 11) is 1.87. The maximum Gasteiger partial charge on any atom is 0.173 e. The van der Waals surface area contributed by atoms with Gasteiger partial charge < -0.3 is 15.0 Å². The number of ether oxygens (including phenoxy) is 1. The molecule has 122 valence electrons. The molecule has 0 atom stereocenters. The Labute approximate surface area is 146 Å². The molecule has 2 rings (SSSR count). The summed E-state index contributed by atoms with van der Waals surface area (Å²) >= 11 is 11.4. The van der Waals surface area contributed by atoms with E-state index >= 15 is 0 Å². The summed E-state index contributed by atoms with van der Waals surface area (Å²) in [6, 6.07) is 11.6. The molecule has 0 aromatic heterocycles. The average Bonchev–Trinajstić information content (AvgIpc) is 2.52. The van der Waals surface area contributed by atoms with Gasteiger partial charge in [-0.25, -0.2) is 4.39 Å². The van der Waals surface area contributed by atoms with E-state index in [0.717, 1.165) is 11.3 Å². The van der Waals surface area contributed by atoms with Crippen LogP contribution in [0.15, 0.2) is 42.5 Å². The molecule has 0 fully saturated rings. The highest BCUT2D eigenvalue weighted by Crippen LogP contribution is 2.20. The largest absolute Gasteiger partial charge is 0.492 e. The molecule has 2 aromatic rings. The smallest absolute Gasteiger partial charge is 0.173 e. The van der Waals surface area contributed by atoms with E-state index in [-0.39, 0.29) is 5.82 Å². The van der Waals surface area contributed by atoms with Crippen LogP contribution in [0.4, 0.5) is 10.1 Å². The molecular formula is C17H18ClFN2OS. The van der Waals surface area contributed by atoms with Crippen molar-refractivity contribution in [2.45, 2.75) is 6.92 Å². The number of anilines is 1. The first-order valence-electron chi connectivity index (χ1n) is 7.12. The van der Waals surface area contributed by atoms with Gasteiger partial charge in [0, 0.05) is 17.8 Å². The highest BCUT2D eigenvalue weighted by molar-refractivity contribution is 7.80. The van der Waals surface area contributed by atoms with Crippen LogP contribution in [-0.2, 0) is 0 Å². The lowest BCUT2D eigenvalue weighted by atomic mass is 10.2. The first kappa shape index (κ1) is 17.5. The number of halogens is 2. The topological polar surface area (TPSA) is 24.5 Å². The van der Waals surface area contributed by atoms with Crippen molar-refractivity contribution in [2.75, 3.05) is 25.5 Å². The van der Waals surface area contributed by atoms with Crippen LogP contribution in [0.2, 0.25) is 5.02 Å². The summed E-state index contributed by atoms with van der Waals surface area (Å²) in [5.41, 5.74) is 1.86. The average molecular weight is 353 g/mol. The Morgan fingerprint density at radius 2 is 1.96 bits per heavy atom. The normalized spacial score (nSPS) is 10.3. The molecule has 0 heterocycles. The van der Waals surface area contributed by atoms with Gasteiger partial charge in [0.05, 0.1) is 6.54 Å². The van der Waals surface area contributed by atoms with Crippen molar-refractivity contribution >= 4 is 34.6 Å². The van der Waals surface area contributed by atoms with Gasteiger partial charge >= 0.3 is 0 Å². The van der Waals surface area contributed by atoms with Gasteiger partial charge in [-0.3, -0.25) is 0 Å². The third-order valence-corrected chi connectivity index (χ3v) is 4.10. The van der Waals surface area contributed by atoms with Crippen molar-refractivity contribution in [1.29, 1.82) is 0 Å². The molecular weight excluding hydrogens is 335 g/mol. The van der Waals surface area contributed by atoms with E-state index in [1.54, 1.807) is 12.1 Å². The molecule has 0 saturated carbocycles. The second-order valence-electron chi connectivity index (χ2n) is 5.12. The number of nitrogens with one attached hydrogen (secondary N) is 1. The number of thiocarbonyl (C=S) groups is 1. The Kier molecular flexibility index (Phi) is 6.19. The molecule has 0 aliphatic rings. The fourth-order valence-corrected chi connectivity index (χ4v) is 2.21. The van der Waals surface area contributed by atoms with Crippen molar-refractivity contribution in [3.8, 4) is 5.75 Å². The number of likely N-dealkylation sites (N-methyl/N-ethyl adjacent to an activating group) is 1. The fraction of sp³-hybridized carbons (Fsp3) is 0.235. The second kappa shape index (κ2) is 8.13. The lowest BCUT2D eigenvalue weighted by Gasteiger charge is -2.21. The summed E-state index contributed by atoms with van der Waals surface area (Å²) < 4.78 is 18.4. The predicted octanol–water partition coefficient (Wildman–Crippen LogP) is 4.50. The first-order chi connectivity index (χ1) is 11.0. The summed E-state index contributed by atoms with van der Waals surface area (Å²) in [4.78, 5) is 1.87. The van der Waals surface area contributed by atoms with Gasteiger partial charge in [0.25, 0.3) is 0 Å². The lowest BCUT2D eigenvalue weighted by molar-refractivity contribution is 0.285. The number of hydrogen-bond acceptors (Lipinski definition) is 2. The molecule has 3 nitrogen and oxygen atoms in total. The molecule has 0 unspecified atom stereocenters. The van der Waals surface area contributed by atoms with Gasteiger partial charge in [0.2, 0.25) is 0 Å². The number of benzene rings is 2. The van der Waals surface area contributed by atoms with Gasteiger partial charge in [0.1, 0.15) is 18.2 Å². The maximum absolute atomic E-state index is 12.8. The molecule has 2 aromatic carbocycles. The number of nitrogens with zero attached hydrogens (tertiary/aromatic N) is 1. The highest BCUT2D eigenvalue weighted by Gasteiger charge is 2.06. The van der Waals surface area contributed by atoms with Gasteiger partial charge in [-0.1, -0.05) is 17.7 Å². The van der Waals surface area contributed by atoms with Gasteiger partial charge in [0.15, 0.2) is 5.11 Å². The predicted molar refractivity (Wildman–Crippen MR) is 96.9 cm³/mol. The highest BCUT2D eigenvalue weighted by atomic mass is 35.5. The Hall–Kier alpha value is -1.85. The number of rotatable bonds is 5. The van der Waals surface area contributed by atoms with E-state index in [1.165, 1.54) is 12.1 Å². The van der Waals surface area contributed by atoms with Crippen molar-refractivity contribution in [3.05, 3.63) is 58.9 Å². The van der Waals surface area contributed by atoms with Gasteiger partial charge in [-0.2, -0.15) is 0 Å². The zero-order valence-corrected chi connectivity index (χ0v) is 14.5. The molecule has 0 aliphatic heterocycles. The van der Waals surface area contributed by atoms with Crippen LogP contribution in [0, 0.1) is 12.7 Å². The maximum atomic E-state index is 12.8. The molecule has 0 aliphatic carbocycles. The fourth-order valence-electron chi connectivity index (χ4n) is 1.82. The molecule has 0 radical (unpaired) electrons. The zero-order valence-electron chi connectivity index (χ0n) is 13.0. The van der Waals surface area contributed by atoms with Crippen LogP contribution in [0.25, 0.3) is 0 Å². The molecule has 23 heavy (non-hydrogen) atoms. The molecule has 0 amide bonds.